The zero-order valence-electron chi connectivity index (χ0n) is 10.4. The molecule has 1 heterocycles. The average molecular weight is 238 g/mol. The van der Waals surface area contributed by atoms with Gasteiger partial charge in [0.1, 0.15) is 11.6 Å². The van der Waals surface area contributed by atoms with Gasteiger partial charge in [0.15, 0.2) is 0 Å². The van der Waals surface area contributed by atoms with Crippen LogP contribution >= 0.6 is 0 Å². The van der Waals surface area contributed by atoms with Crippen molar-refractivity contribution in [2.75, 3.05) is 25.5 Å². The molecule has 0 radical (unpaired) electrons. The van der Waals surface area contributed by atoms with Crippen molar-refractivity contribution in [1.82, 2.24) is 14.9 Å². The second-order valence-corrected chi connectivity index (χ2v) is 3.69. The van der Waals surface area contributed by atoms with Crippen LogP contribution in [0.5, 0.6) is 0 Å². The molecule has 0 atom stereocenters. The molecule has 0 aliphatic rings. The molecule has 0 spiro atoms. The summed E-state index contributed by atoms with van der Waals surface area (Å²) in [5.74, 6) is 1.01. The fraction of sp³-hybridized carbons (Fsp3) is 0.545. The molecule has 0 saturated carbocycles. The van der Waals surface area contributed by atoms with Gasteiger partial charge in [-0.2, -0.15) is 0 Å². The van der Waals surface area contributed by atoms with E-state index in [2.05, 4.69) is 15.3 Å². The molecule has 1 aromatic rings. The smallest absolute Gasteiger partial charge is 0.252 e. The summed E-state index contributed by atoms with van der Waals surface area (Å²) in [7, 11) is 1.73. The van der Waals surface area contributed by atoms with Crippen molar-refractivity contribution in [2.24, 2.45) is 0 Å². The third-order valence-electron chi connectivity index (χ3n) is 2.45. The molecule has 6 heteroatoms. The molecule has 1 amide bonds. The lowest BCUT2D eigenvalue weighted by molar-refractivity contribution is -0.127. The van der Waals surface area contributed by atoms with Crippen LogP contribution in [0.2, 0.25) is 0 Å². The van der Waals surface area contributed by atoms with Crippen LogP contribution in [0.1, 0.15) is 19.7 Å². The molecule has 6 nitrogen and oxygen atoms in total. The third-order valence-corrected chi connectivity index (χ3v) is 2.45. The molecule has 0 aliphatic carbocycles. The molecular formula is C11H18N4O2. The lowest BCUT2D eigenvalue weighted by atomic mass is 10.4. The van der Waals surface area contributed by atoms with Crippen molar-refractivity contribution in [2.45, 2.75) is 20.3 Å². The van der Waals surface area contributed by atoms with Crippen molar-refractivity contribution in [1.29, 1.82) is 0 Å². The minimum absolute atomic E-state index is 0.0346. The Balaban J connectivity index is 2.66. The van der Waals surface area contributed by atoms with Crippen molar-refractivity contribution in [3.8, 4) is 0 Å². The van der Waals surface area contributed by atoms with Crippen molar-refractivity contribution < 1.29 is 4.79 Å². The van der Waals surface area contributed by atoms with Gasteiger partial charge >= 0.3 is 0 Å². The monoisotopic (exact) mass is 238 g/mol. The average Bonchev–Trinajstić information content (AvgIpc) is 2.34. The van der Waals surface area contributed by atoms with Gasteiger partial charge in [-0.05, 0) is 6.92 Å². The van der Waals surface area contributed by atoms with E-state index in [1.165, 1.54) is 6.07 Å². The van der Waals surface area contributed by atoms with Crippen molar-refractivity contribution in [3.05, 3.63) is 22.2 Å². The molecule has 0 saturated heterocycles. The first-order valence-corrected chi connectivity index (χ1v) is 5.64. The number of carbonyl (C=O) groups excluding carboxylic acids is 1. The number of aromatic amines is 1. The molecule has 2 N–H and O–H groups in total. The number of hydrogen-bond donors (Lipinski definition) is 2. The number of nitrogens with zero attached hydrogens (tertiary/aromatic N) is 2. The number of anilines is 1. The number of rotatable bonds is 5. The number of likely N-dealkylation sites (N-methyl/N-ethyl adjacent to an activating group) is 1. The van der Waals surface area contributed by atoms with Gasteiger partial charge in [-0.25, -0.2) is 4.98 Å². The number of H-pyrrole nitrogens is 1. The van der Waals surface area contributed by atoms with Crippen molar-refractivity contribution in [3.63, 3.8) is 0 Å². The first-order valence-electron chi connectivity index (χ1n) is 5.64. The summed E-state index contributed by atoms with van der Waals surface area (Å²) >= 11 is 0. The molecular weight excluding hydrogens is 220 g/mol. The highest BCUT2D eigenvalue weighted by Gasteiger charge is 2.07. The van der Waals surface area contributed by atoms with Gasteiger partial charge in [-0.3, -0.25) is 9.59 Å². The predicted octanol–water partition coefficient (Wildman–Crippen LogP) is 0.222. The second kappa shape index (κ2) is 6.03. The van der Waals surface area contributed by atoms with Crippen LogP contribution < -0.4 is 10.9 Å². The second-order valence-electron chi connectivity index (χ2n) is 3.69. The topological polar surface area (TPSA) is 78.1 Å². The maximum Gasteiger partial charge on any atom is 0.252 e. The summed E-state index contributed by atoms with van der Waals surface area (Å²) in [6.45, 7) is 4.60. The Morgan fingerprint density at radius 3 is 2.82 bits per heavy atom. The van der Waals surface area contributed by atoms with Gasteiger partial charge in [0, 0.05) is 26.1 Å². The maximum absolute atomic E-state index is 11.5. The first-order chi connectivity index (χ1) is 8.06. The Labute approximate surface area is 100 Å². The third kappa shape index (κ3) is 3.90. The molecule has 0 bridgehead atoms. The predicted molar refractivity (Wildman–Crippen MR) is 66.0 cm³/mol. The van der Waals surface area contributed by atoms with E-state index in [1.807, 2.05) is 13.8 Å². The summed E-state index contributed by atoms with van der Waals surface area (Å²) < 4.78 is 0. The Morgan fingerprint density at radius 1 is 1.53 bits per heavy atom. The minimum atomic E-state index is -0.212. The maximum atomic E-state index is 11.5. The SMILES string of the molecule is CCc1nc(NCC(=O)N(C)CC)cc(=O)[nH]1. The van der Waals surface area contributed by atoms with E-state index in [-0.39, 0.29) is 18.0 Å². The Morgan fingerprint density at radius 2 is 2.24 bits per heavy atom. The van der Waals surface area contributed by atoms with Gasteiger partial charge in [-0.15, -0.1) is 0 Å². The van der Waals surface area contributed by atoms with Crippen LogP contribution in [-0.2, 0) is 11.2 Å². The van der Waals surface area contributed by atoms with E-state index >= 15 is 0 Å². The van der Waals surface area contributed by atoms with E-state index in [0.29, 0.717) is 24.6 Å². The lowest BCUT2D eigenvalue weighted by Crippen LogP contribution is -2.32. The summed E-state index contributed by atoms with van der Waals surface area (Å²) in [6.07, 6.45) is 0.646. The van der Waals surface area contributed by atoms with Crippen LogP contribution in [0.4, 0.5) is 5.82 Å². The number of aryl methyl sites for hydroxylation is 1. The molecule has 0 aromatic carbocycles. The molecule has 0 unspecified atom stereocenters. The highest BCUT2D eigenvalue weighted by molar-refractivity contribution is 5.80. The summed E-state index contributed by atoms with van der Waals surface area (Å²) in [6, 6.07) is 1.35. The van der Waals surface area contributed by atoms with Gasteiger partial charge in [0.05, 0.1) is 6.54 Å². The van der Waals surface area contributed by atoms with E-state index < -0.39 is 0 Å². The summed E-state index contributed by atoms with van der Waals surface area (Å²) in [4.78, 5) is 31.2. The van der Waals surface area contributed by atoms with E-state index in [1.54, 1.807) is 11.9 Å². The first kappa shape index (κ1) is 13.2. The molecule has 0 fully saturated rings. The number of amides is 1. The molecule has 1 aromatic heterocycles. The van der Waals surface area contributed by atoms with Crippen molar-refractivity contribution >= 4 is 11.7 Å². The normalized spacial score (nSPS) is 10.1. The minimum Gasteiger partial charge on any atom is -0.361 e. The van der Waals surface area contributed by atoms with E-state index in [0.717, 1.165) is 0 Å². The van der Waals surface area contributed by atoms with Gasteiger partial charge in [0.2, 0.25) is 5.91 Å². The fourth-order valence-corrected chi connectivity index (χ4v) is 1.24. The fourth-order valence-electron chi connectivity index (χ4n) is 1.24. The highest BCUT2D eigenvalue weighted by Crippen LogP contribution is 1.99. The molecule has 1 rings (SSSR count). The quantitative estimate of drug-likeness (QED) is 0.769. The molecule has 94 valence electrons. The largest absolute Gasteiger partial charge is 0.361 e. The number of aromatic nitrogens is 2. The van der Waals surface area contributed by atoms with Gasteiger partial charge in [0.25, 0.3) is 5.56 Å². The highest BCUT2D eigenvalue weighted by atomic mass is 16.2. The Bertz CT molecular complexity index is 441. The standard InChI is InChI=1S/C11H18N4O2/c1-4-8-13-9(6-10(16)14-8)12-7-11(17)15(3)5-2/h6H,4-5,7H2,1-3H3,(H2,12,13,14,16). The van der Waals surface area contributed by atoms with E-state index in [4.69, 9.17) is 0 Å². The molecule has 0 aliphatic heterocycles. The Hall–Kier alpha value is -1.85. The number of carbonyl (C=O) groups is 1. The summed E-state index contributed by atoms with van der Waals surface area (Å²) in [5.41, 5.74) is -0.212. The van der Waals surface area contributed by atoms with Crippen LogP contribution in [0, 0.1) is 0 Å². The van der Waals surface area contributed by atoms with Crippen LogP contribution in [0.3, 0.4) is 0 Å². The number of hydrogen-bond acceptors (Lipinski definition) is 4. The summed E-state index contributed by atoms with van der Waals surface area (Å²) in [5, 5.41) is 2.85. The van der Waals surface area contributed by atoms with Crippen LogP contribution in [-0.4, -0.2) is 40.9 Å². The lowest BCUT2D eigenvalue weighted by Gasteiger charge is -2.14. The van der Waals surface area contributed by atoms with Crippen LogP contribution in [0.15, 0.2) is 10.9 Å². The van der Waals surface area contributed by atoms with E-state index in [9.17, 15) is 9.59 Å². The number of nitrogens with one attached hydrogen (secondary N) is 2. The molecule has 17 heavy (non-hydrogen) atoms. The zero-order chi connectivity index (χ0) is 12.8. The van der Waals surface area contributed by atoms with Gasteiger partial charge < -0.3 is 15.2 Å². The van der Waals surface area contributed by atoms with Crippen LogP contribution in [0.25, 0.3) is 0 Å². The Kier molecular flexibility index (Phi) is 4.68. The van der Waals surface area contributed by atoms with Gasteiger partial charge in [-0.1, -0.05) is 6.92 Å². The zero-order valence-corrected chi connectivity index (χ0v) is 10.4.